The van der Waals surface area contributed by atoms with Gasteiger partial charge >= 0.3 is 0 Å². The van der Waals surface area contributed by atoms with Crippen LogP contribution in [0.15, 0.2) is 24.3 Å². The van der Waals surface area contributed by atoms with Crippen molar-refractivity contribution in [3.05, 3.63) is 41.1 Å². The van der Waals surface area contributed by atoms with E-state index in [1.54, 1.807) is 0 Å². The topological polar surface area (TPSA) is 55.9 Å². The molecule has 0 aliphatic heterocycles. The summed E-state index contributed by atoms with van der Waals surface area (Å²) in [4.78, 5) is 0. The van der Waals surface area contributed by atoms with Gasteiger partial charge in [0.2, 0.25) is 0 Å². The van der Waals surface area contributed by atoms with Gasteiger partial charge in [0.25, 0.3) is 0 Å². The summed E-state index contributed by atoms with van der Waals surface area (Å²) in [6.45, 7) is 5.09. The Labute approximate surface area is 121 Å². The highest BCUT2D eigenvalue weighted by Gasteiger charge is 2.12. The number of benzene rings is 1. The molecule has 0 radical (unpaired) electrons. The molecule has 1 aromatic heterocycles. The Morgan fingerprint density at radius 1 is 1.20 bits per heavy atom. The third kappa shape index (κ3) is 2.95. The lowest BCUT2D eigenvalue weighted by molar-refractivity contribution is 0.735. The molecule has 0 saturated carbocycles. The zero-order valence-corrected chi connectivity index (χ0v) is 12.6. The van der Waals surface area contributed by atoms with Gasteiger partial charge in [0, 0.05) is 13.6 Å². The fraction of sp³-hybridized carbons (Fsp3) is 0.438. The maximum absolute atomic E-state index is 6.18. The molecule has 0 bridgehead atoms. The quantitative estimate of drug-likeness (QED) is 0.849. The van der Waals surface area contributed by atoms with Crippen LogP contribution in [0.4, 0.5) is 11.5 Å². The van der Waals surface area contributed by atoms with Crippen molar-refractivity contribution < 1.29 is 0 Å². The fourth-order valence-corrected chi connectivity index (χ4v) is 2.48. The first-order valence-electron chi connectivity index (χ1n) is 7.29. The van der Waals surface area contributed by atoms with Crippen molar-refractivity contribution >= 4 is 11.5 Å². The molecular formula is C16H24N4. The van der Waals surface area contributed by atoms with E-state index in [4.69, 9.17) is 5.73 Å². The maximum atomic E-state index is 6.18. The van der Waals surface area contributed by atoms with Crippen LogP contribution in [0.5, 0.6) is 0 Å². The van der Waals surface area contributed by atoms with Crippen LogP contribution >= 0.6 is 0 Å². The lowest BCUT2D eigenvalue weighted by Crippen LogP contribution is -2.07. The van der Waals surface area contributed by atoms with Crippen molar-refractivity contribution in [2.45, 2.75) is 39.7 Å². The minimum absolute atomic E-state index is 0.777. The van der Waals surface area contributed by atoms with Gasteiger partial charge in [-0.2, -0.15) is 5.10 Å². The third-order valence-corrected chi connectivity index (χ3v) is 3.59. The van der Waals surface area contributed by atoms with Crippen LogP contribution in [-0.2, 0) is 26.4 Å². The minimum atomic E-state index is 0.777. The first kappa shape index (κ1) is 14.4. The second-order valence-corrected chi connectivity index (χ2v) is 5.06. The maximum Gasteiger partial charge on any atom is 0.148 e. The van der Waals surface area contributed by atoms with Crippen LogP contribution in [0.2, 0.25) is 0 Å². The molecule has 4 heteroatoms. The summed E-state index contributed by atoms with van der Waals surface area (Å²) < 4.78 is 1.84. The molecule has 0 aliphatic carbocycles. The molecule has 0 atom stereocenters. The summed E-state index contributed by atoms with van der Waals surface area (Å²) in [6.07, 6.45) is 3.02. The number of rotatable bonds is 6. The summed E-state index contributed by atoms with van der Waals surface area (Å²) >= 11 is 0. The van der Waals surface area contributed by atoms with Crippen LogP contribution in [-0.4, -0.2) is 9.78 Å². The number of aromatic nitrogens is 2. The van der Waals surface area contributed by atoms with E-state index in [-0.39, 0.29) is 0 Å². The summed E-state index contributed by atoms with van der Waals surface area (Å²) in [7, 11) is 1.93. The standard InChI is InChI=1S/C16H24N4/c1-4-8-14-15(17)16(20(3)19-14)18-11-13-10-7-6-9-12(13)5-2/h6-7,9-10,18H,4-5,8,11,17H2,1-3H3. The first-order chi connectivity index (χ1) is 9.67. The van der Waals surface area contributed by atoms with Gasteiger partial charge in [-0.3, -0.25) is 4.68 Å². The van der Waals surface area contributed by atoms with Crippen molar-refractivity contribution in [3.8, 4) is 0 Å². The van der Waals surface area contributed by atoms with Gasteiger partial charge < -0.3 is 11.1 Å². The van der Waals surface area contributed by atoms with Gasteiger partial charge in [-0.15, -0.1) is 0 Å². The summed E-state index contributed by atoms with van der Waals surface area (Å²) in [5, 5.41) is 7.91. The fourth-order valence-electron chi connectivity index (χ4n) is 2.48. The van der Waals surface area contributed by atoms with E-state index in [2.05, 4.69) is 48.5 Å². The van der Waals surface area contributed by atoms with Gasteiger partial charge in [-0.25, -0.2) is 0 Å². The summed E-state index contributed by atoms with van der Waals surface area (Å²) in [5.74, 6) is 0.916. The van der Waals surface area contributed by atoms with Crippen LogP contribution in [0.3, 0.4) is 0 Å². The molecule has 0 spiro atoms. The Hall–Kier alpha value is -1.97. The number of nitrogen functional groups attached to an aromatic ring is 1. The minimum Gasteiger partial charge on any atom is -0.394 e. The van der Waals surface area contributed by atoms with E-state index >= 15 is 0 Å². The molecule has 0 saturated heterocycles. The molecule has 108 valence electrons. The molecule has 0 aliphatic rings. The molecule has 0 unspecified atom stereocenters. The van der Waals surface area contributed by atoms with Gasteiger partial charge in [0.05, 0.1) is 11.4 Å². The van der Waals surface area contributed by atoms with Gasteiger partial charge in [-0.05, 0) is 24.0 Å². The van der Waals surface area contributed by atoms with Gasteiger partial charge in [0.1, 0.15) is 5.82 Å². The zero-order chi connectivity index (χ0) is 14.5. The number of hydrogen-bond acceptors (Lipinski definition) is 3. The largest absolute Gasteiger partial charge is 0.394 e. The zero-order valence-electron chi connectivity index (χ0n) is 12.6. The predicted octanol–water partition coefficient (Wildman–Crippen LogP) is 3.13. The summed E-state index contributed by atoms with van der Waals surface area (Å²) in [5.41, 5.74) is 10.6. The van der Waals surface area contributed by atoms with E-state index < -0.39 is 0 Å². The Morgan fingerprint density at radius 2 is 1.90 bits per heavy atom. The highest BCUT2D eigenvalue weighted by molar-refractivity contribution is 5.65. The first-order valence-corrected chi connectivity index (χ1v) is 7.29. The highest BCUT2D eigenvalue weighted by Crippen LogP contribution is 2.24. The van der Waals surface area contributed by atoms with E-state index in [0.29, 0.717) is 0 Å². The molecule has 1 heterocycles. The molecule has 4 nitrogen and oxygen atoms in total. The van der Waals surface area contributed by atoms with Crippen molar-refractivity contribution in [2.24, 2.45) is 7.05 Å². The normalized spacial score (nSPS) is 10.8. The predicted molar refractivity (Wildman–Crippen MR) is 84.8 cm³/mol. The Balaban J connectivity index is 2.15. The smallest absolute Gasteiger partial charge is 0.148 e. The molecule has 20 heavy (non-hydrogen) atoms. The summed E-state index contributed by atoms with van der Waals surface area (Å²) in [6, 6.07) is 8.49. The highest BCUT2D eigenvalue weighted by atomic mass is 15.3. The van der Waals surface area contributed by atoms with E-state index in [1.165, 1.54) is 11.1 Å². The number of nitrogens with two attached hydrogens (primary N) is 1. The molecule has 0 amide bonds. The van der Waals surface area contributed by atoms with Crippen LogP contribution in [0.1, 0.15) is 37.1 Å². The van der Waals surface area contributed by atoms with Gasteiger partial charge in [0.15, 0.2) is 0 Å². The third-order valence-electron chi connectivity index (χ3n) is 3.59. The Morgan fingerprint density at radius 3 is 2.55 bits per heavy atom. The van der Waals surface area contributed by atoms with E-state index in [9.17, 15) is 0 Å². The molecule has 2 rings (SSSR count). The van der Waals surface area contributed by atoms with Crippen LogP contribution in [0, 0.1) is 0 Å². The van der Waals surface area contributed by atoms with Crippen molar-refractivity contribution in [1.82, 2.24) is 9.78 Å². The molecular weight excluding hydrogens is 248 g/mol. The number of aryl methyl sites for hydroxylation is 3. The van der Waals surface area contributed by atoms with Crippen molar-refractivity contribution in [3.63, 3.8) is 0 Å². The second kappa shape index (κ2) is 6.46. The number of anilines is 2. The lowest BCUT2D eigenvalue weighted by Gasteiger charge is -2.11. The Bertz CT molecular complexity index is 572. The van der Waals surface area contributed by atoms with Crippen LogP contribution in [0.25, 0.3) is 0 Å². The average molecular weight is 272 g/mol. The van der Waals surface area contributed by atoms with E-state index in [0.717, 1.165) is 43.0 Å². The SMILES string of the molecule is CCCc1nn(C)c(NCc2ccccc2CC)c1N. The van der Waals surface area contributed by atoms with Gasteiger partial charge in [-0.1, -0.05) is 44.5 Å². The van der Waals surface area contributed by atoms with Crippen molar-refractivity contribution in [2.75, 3.05) is 11.1 Å². The molecule has 0 fully saturated rings. The number of nitrogens with one attached hydrogen (secondary N) is 1. The number of nitrogens with zero attached hydrogens (tertiary/aromatic N) is 2. The Kier molecular flexibility index (Phi) is 4.66. The molecule has 1 aromatic carbocycles. The molecule has 3 N–H and O–H groups in total. The number of hydrogen-bond donors (Lipinski definition) is 2. The lowest BCUT2D eigenvalue weighted by atomic mass is 10.1. The average Bonchev–Trinajstić information content (AvgIpc) is 2.72. The van der Waals surface area contributed by atoms with Crippen molar-refractivity contribution in [1.29, 1.82) is 0 Å². The second-order valence-electron chi connectivity index (χ2n) is 5.06. The van der Waals surface area contributed by atoms with Crippen LogP contribution < -0.4 is 11.1 Å². The van der Waals surface area contributed by atoms with E-state index in [1.807, 2.05) is 11.7 Å². The molecule has 2 aromatic rings. The monoisotopic (exact) mass is 272 g/mol.